The van der Waals surface area contributed by atoms with E-state index in [2.05, 4.69) is 4.98 Å². The maximum absolute atomic E-state index is 11.2. The molecule has 0 bridgehead atoms. The summed E-state index contributed by atoms with van der Waals surface area (Å²) in [4.78, 5) is 35.0. The highest BCUT2D eigenvalue weighted by atomic mass is 16.6. The maximum atomic E-state index is 11.2. The van der Waals surface area contributed by atoms with E-state index in [9.17, 15) is 30.3 Å². The summed E-state index contributed by atoms with van der Waals surface area (Å²) in [5, 5.41) is 33.3. The number of nitrogens with zero attached hydrogens (tertiary/aromatic N) is 4. The lowest BCUT2D eigenvalue weighted by molar-refractivity contribution is -0.394. The fourth-order valence-electron chi connectivity index (χ4n) is 2.34. The van der Waals surface area contributed by atoms with Gasteiger partial charge in [-0.15, -0.1) is 0 Å². The Kier molecular flexibility index (Phi) is 4.11. The largest absolute Gasteiger partial charge is 0.448 e. The van der Waals surface area contributed by atoms with Crippen molar-refractivity contribution in [1.29, 1.82) is 0 Å². The van der Waals surface area contributed by atoms with E-state index < -0.39 is 26.1 Å². The van der Waals surface area contributed by atoms with Gasteiger partial charge in [0.25, 0.3) is 11.4 Å². The van der Waals surface area contributed by atoms with Crippen molar-refractivity contribution in [2.45, 2.75) is 0 Å². The molecule has 0 spiro atoms. The molecule has 130 valence electrons. The topological polar surface area (TPSA) is 152 Å². The van der Waals surface area contributed by atoms with E-state index in [0.717, 1.165) is 18.2 Å². The van der Waals surface area contributed by atoms with Crippen molar-refractivity contribution >= 4 is 28.0 Å². The van der Waals surface area contributed by atoms with Crippen molar-refractivity contribution in [3.05, 3.63) is 79.0 Å². The number of pyridine rings is 1. The van der Waals surface area contributed by atoms with E-state index in [1.165, 1.54) is 30.5 Å². The zero-order chi connectivity index (χ0) is 18.8. The average Bonchev–Trinajstić information content (AvgIpc) is 2.61. The van der Waals surface area contributed by atoms with Gasteiger partial charge >= 0.3 is 5.69 Å². The van der Waals surface area contributed by atoms with E-state index in [1.807, 2.05) is 0 Å². The molecule has 0 aliphatic rings. The minimum atomic E-state index is -0.816. The molecule has 3 aromatic rings. The average molecular weight is 356 g/mol. The van der Waals surface area contributed by atoms with Gasteiger partial charge < -0.3 is 4.74 Å². The molecule has 0 saturated heterocycles. The van der Waals surface area contributed by atoms with Gasteiger partial charge in [-0.2, -0.15) is 0 Å². The van der Waals surface area contributed by atoms with Crippen LogP contribution in [-0.4, -0.2) is 19.8 Å². The Labute approximate surface area is 143 Å². The molecule has 0 N–H and O–H groups in total. The summed E-state index contributed by atoms with van der Waals surface area (Å²) in [7, 11) is 0. The molecule has 0 aliphatic heterocycles. The number of hydrogen-bond acceptors (Lipinski definition) is 8. The van der Waals surface area contributed by atoms with Crippen LogP contribution in [0.4, 0.5) is 17.1 Å². The minimum absolute atomic E-state index is 0.0446. The highest BCUT2D eigenvalue weighted by molar-refractivity contribution is 5.92. The third kappa shape index (κ3) is 2.96. The number of hydrogen-bond donors (Lipinski definition) is 0. The van der Waals surface area contributed by atoms with Gasteiger partial charge in [0.15, 0.2) is 5.75 Å². The van der Waals surface area contributed by atoms with Gasteiger partial charge in [0, 0.05) is 18.3 Å². The Morgan fingerprint density at radius 3 is 2.15 bits per heavy atom. The molecule has 0 atom stereocenters. The van der Waals surface area contributed by atoms with E-state index in [1.54, 1.807) is 0 Å². The molecule has 0 saturated carbocycles. The SMILES string of the molecule is O=[N+]([O-])c1ccc(Oc2ccc([N+](=O)[O-])c3cccnc23)c([N+](=O)[O-])c1. The lowest BCUT2D eigenvalue weighted by Gasteiger charge is -2.09. The predicted octanol–water partition coefficient (Wildman–Crippen LogP) is 3.75. The fraction of sp³-hybridized carbons (Fsp3) is 0. The van der Waals surface area contributed by atoms with Crippen LogP contribution >= 0.6 is 0 Å². The molecular formula is C15H8N4O7. The summed E-state index contributed by atoms with van der Waals surface area (Å²) in [5.41, 5.74) is -1.13. The standard InChI is InChI=1S/C15H8N4O7/c20-17(21)9-3-5-13(12(8-9)19(24)25)26-14-6-4-11(18(22)23)10-2-1-7-16-15(10)14/h1-8H. The third-order valence-corrected chi connectivity index (χ3v) is 3.48. The minimum Gasteiger partial charge on any atom is -0.448 e. The van der Waals surface area contributed by atoms with Crippen LogP contribution in [0.2, 0.25) is 0 Å². The first kappa shape index (κ1) is 16.7. The molecule has 0 fully saturated rings. The van der Waals surface area contributed by atoms with Crippen molar-refractivity contribution in [3.63, 3.8) is 0 Å². The first-order chi connectivity index (χ1) is 12.4. The van der Waals surface area contributed by atoms with Crippen LogP contribution < -0.4 is 4.74 Å². The molecule has 2 aromatic carbocycles. The molecule has 0 radical (unpaired) electrons. The van der Waals surface area contributed by atoms with E-state index in [0.29, 0.717) is 0 Å². The normalized spacial score (nSPS) is 10.5. The van der Waals surface area contributed by atoms with Crippen LogP contribution in [0, 0.1) is 30.3 Å². The molecule has 1 heterocycles. The van der Waals surface area contributed by atoms with Gasteiger partial charge in [0.2, 0.25) is 5.75 Å². The molecule has 1 aromatic heterocycles. The number of fused-ring (bicyclic) bond motifs is 1. The molecule has 0 aliphatic carbocycles. The Balaban J connectivity index is 2.13. The third-order valence-electron chi connectivity index (χ3n) is 3.48. The second-order valence-electron chi connectivity index (χ2n) is 5.01. The van der Waals surface area contributed by atoms with Gasteiger partial charge in [0.1, 0.15) is 5.52 Å². The van der Waals surface area contributed by atoms with E-state index in [-0.39, 0.29) is 28.1 Å². The Bertz CT molecular complexity index is 1070. The van der Waals surface area contributed by atoms with Crippen LogP contribution in [0.1, 0.15) is 0 Å². The molecule has 3 rings (SSSR count). The van der Waals surface area contributed by atoms with Gasteiger partial charge in [-0.3, -0.25) is 35.3 Å². The summed E-state index contributed by atoms with van der Waals surface area (Å²) in [6.45, 7) is 0. The number of benzene rings is 2. The van der Waals surface area contributed by atoms with Crippen LogP contribution in [0.3, 0.4) is 0 Å². The monoisotopic (exact) mass is 356 g/mol. The number of nitro benzene ring substituents is 3. The first-order valence-electron chi connectivity index (χ1n) is 7.01. The summed E-state index contributed by atoms with van der Waals surface area (Å²) in [6, 6.07) is 8.35. The van der Waals surface area contributed by atoms with Crippen LogP contribution in [-0.2, 0) is 0 Å². The van der Waals surface area contributed by atoms with E-state index >= 15 is 0 Å². The summed E-state index contributed by atoms with van der Waals surface area (Å²) >= 11 is 0. The molecule has 11 nitrogen and oxygen atoms in total. The smallest absolute Gasteiger partial charge is 0.318 e. The lowest BCUT2D eigenvalue weighted by atomic mass is 10.1. The predicted molar refractivity (Wildman–Crippen MR) is 88.2 cm³/mol. The Morgan fingerprint density at radius 2 is 1.50 bits per heavy atom. The van der Waals surface area contributed by atoms with Gasteiger partial charge in [-0.1, -0.05) is 0 Å². The highest BCUT2D eigenvalue weighted by Crippen LogP contribution is 2.38. The quantitative estimate of drug-likeness (QED) is 0.495. The number of rotatable bonds is 5. The fourth-order valence-corrected chi connectivity index (χ4v) is 2.34. The molecule has 0 unspecified atom stereocenters. The van der Waals surface area contributed by atoms with Crippen molar-refractivity contribution in [2.24, 2.45) is 0 Å². The molecule has 11 heteroatoms. The summed E-state index contributed by atoms with van der Waals surface area (Å²) in [5.74, 6) is -0.204. The highest BCUT2D eigenvalue weighted by Gasteiger charge is 2.23. The first-order valence-corrected chi connectivity index (χ1v) is 7.01. The van der Waals surface area contributed by atoms with Crippen LogP contribution in [0.25, 0.3) is 10.9 Å². The second kappa shape index (κ2) is 6.39. The zero-order valence-corrected chi connectivity index (χ0v) is 12.8. The number of ether oxygens (including phenoxy) is 1. The Morgan fingerprint density at radius 1 is 0.808 bits per heavy atom. The number of aromatic nitrogens is 1. The molecule has 26 heavy (non-hydrogen) atoms. The summed E-state index contributed by atoms with van der Waals surface area (Å²) in [6.07, 6.45) is 1.39. The number of nitro groups is 3. The molecular weight excluding hydrogens is 348 g/mol. The second-order valence-corrected chi connectivity index (χ2v) is 5.01. The van der Waals surface area contributed by atoms with E-state index in [4.69, 9.17) is 4.74 Å². The van der Waals surface area contributed by atoms with Crippen molar-refractivity contribution in [2.75, 3.05) is 0 Å². The van der Waals surface area contributed by atoms with Crippen LogP contribution in [0.5, 0.6) is 11.5 Å². The number of non-ortho nitro benzene ring substituents is 2. The molecule has 0 amide bonds. The lowest BCUT2D eigenvalue weighted by Crippen LogP contribution is -1.97. The summed E-state index contributed by atoms with van der Waals surface area (Å²) < 4.78 is 5.50. The van der Waals surface area contributed by atoms with Crippen molar-refractivity contribution in [1.82, 2.24) is 4.98 Å². The van der Waals surface area contributed by atoms with Gasteiger partial charge in [-0.25, -0.2) is 0 Å². The maximum Gasteiger partial charge on any atom is 0.318 e. The van der Waals surface area contributed by atoms with Gasteiger partial charge in [0.05, 0.1) is 26.2 Å². The Hall–Kier alpha value is -4.15. The van der Waals surface area contributed by atoms with Crippen molar-refractivity contribution < 1.29 is 19.5 Å². The van der Waals surface area contributed by atoms with Gasteiger partial charge in [-0.05, 0) is 24.3 Å². The zero-order valence-electron chi connectivity index (χ0n) is 12.8. The van der Waals surface area contributed by atoms with Crippen LogP contribution in [0.15, 0.2) is 48.7 Å². The van der Waals surface area contributed by atoms with Crippen molar-refractivity contribution in [3.8, 4) is 11.5 Å².